The number of halogens is 1. The van der Waals surface area contributed by atoms with Gasteiger partial charge in [0.2, 0.25) is 0 Å². The highest BCUT2D eigenvalue weighted by molar-refractivity contribution is 9.10. The molecule has 3 aromatic rings. The van der Waals surface area contributed by atoms with Crippen LogP contribution < -0.4 is 5.32 Å². The molecule has 1 aromatic carbocycles. The first-order chi connectivity index (χ1) is 9.72. The molecular formula is C15H14BrN3S. The summed E-state index contributed by atoms with van der Waals surface area (Å²) >= 11 is 5.36. The van der Waals surface area contributed by atoms with Gasteiger partial charge in [0.05, 0.1) is 5.69 Å². The summed E-state index contributed by atoms with van der Waals surface area (Å²) in [6.45, 7) is 2.97. The van der Waals surface area contributed by atoms with Crippen molar-refractivity contribution in [1.82, 2.24) is 9.78 Å². The molecule has 0 aliphatic carbocycles. The number of rotatable bonds is 4. The van der Waals surface area contributed by atoms with Crippen molar-refractivity contribution < 1.29 is 0 Å². The topological polar surface area (TPSA) is 29.9 Å². The second kappa shape index (κ2) is 5.81. The van der Waals surface area contributed by atoms with Crippen molar-refractivity contribution in [3.8, 4) is 5.69 Å². The van der Waals surface area contributed by atoms with Gasteiger partial charge in [0, 0.05) is 38.9 Å². The Labute approximate surface area is 130 Å². The first-order valence-corrected chi connectivity index (χ1v) is 7.92. The minimum atomic E-state index is 0.845. The number of aromatic nitrogens is 2. The van der Waals surface area contributed by atoms with Gasteiger partial charge in [-0.15, -0.1) is 11.3 Å². The van der Waals surface area contributed by atoms with Crippen LogP contribution in [-0.4, -0.2) is 9.78 Å². The summed E-state index contributed by atoms with van der Waals surface area (Å²) < 4.78 is 3.04. The van der Waals surface area contributed by atoms with Gasteiger partial charge in [0.15, 0.2) is 0 Å². The maximum absolute atomic E-state index is 4.21. The third kappa shape index (κ3) is 2.94. The number of thiophene rings is 1. The molecule has 20 heavy (non-hydrogen) atoms. The zero-order valence-corrected chi connectivity index (χ0v) is 13.4. The summed E-state index contributed by atoms with van der Waals surface area (Å²) in [5.74, 6) is 0. The molecule has 0 saturated heterocycles. The fourth-order valence-electron chi connectivity index (χ4n) is 1.95. The highest BCUT2D eigenvalue weighted by Crippen LogP contribution is 2.27. The highest BCUT2D eigenvalue weighted by atomic mass is 79.9. The second-order valence-corrected chi connectivity index (χ2v) is 6.66. The zero-order chi connectivity index (χ0) is 13.9. The summed E-state index contributed by atoms with van der Waals surface area (Å²) in [6, 6.07) is 12.4. The van der Waals surface area contributed by atoms with Crippen molar-refractivity contribution >= 4 is 33.0 Å². The molecule has 0 amide bonds. The molecule has 5 heteroatoms. The Morgan fingerprint density at radius 1 is 1.30 bits per heavy atom. The maximum atomic E-state index is 4.21. The largest absolute Gasteiger partial charge is 0.380 e. The molecule has 3 nitrogen and oxygen atoms in total. The number of anilines is 1. The van der Waals surface area contributed by atoms with Crippen LogP contribution in [0.1, 0.15) is 9.75 Å². The Bertz CT molecular complexity index is 667. The predicted octanol–water partition coefficient (Wildman–Crippen LogP) is 4.62. The van der Waals surface area contributed by atoms with Crippen molar-refractivity contribution in [3.63, 3.8) is 0 Å². The van der Waals surface area contributed by atoms with E-state index in [1.807, 2.05) is 28.3 Å². The summed E-state index contributed by atoms with van der Waals surface area (Å²) in [5, 5.41) is 7.65. The monoisotopic (exact) mass is 347 g/mol. The van der Waals surface area contributed by atoms with Crippen molar-refractivity contribution in [2.75, 3.05) is 5.32 Å². The van der Waals surface area contributed by atoms with E-state index in [9.17, 15) is 0 Å². The molecule has 0 aliphatic heterocycles. The quantitative estimate of drug-likeness (QED) is 0.746. The lowest BCUT2D eigenvalue weighted by atomic mass is 10.3. The van der Waals surface area contributed by atoms with Crippen LogP contribution >= 0.6 is 27.3 Å². The Morgan fingerprint density at radius 3 is 2.70 bits per heavy atom. The van der Waals surface area contributed by atoms with Crippen LogP contribution in [0.4, 0.5) is 5.69 Å². The van der Waals surface area contributed by atoms with Gasteiger partial charge in [0.25, 0.3) is 0 Å². The standard InChI is InChI=1S/C15H14BrN3S/c1-11-15(16)9-14(20-11)10-17-12-3-5-13(6-4-12)19-8-2-7-18-19/h2-9,17H,10H2,1H3. The van der Waals surface area contributed by atoms with Crippen molar-refractivity contribution in [2.24, 2.45) is 0 Å². The van der Waals surface area contributed by atoms with Gasteiger partial charge >= 0.3 is 0 Å². The molecule has 0 unspecified atom stereocenters. The Hall–Kier alpha value is -1.59. The van der Waals surface area contributed by atoms with Gasteiger partial charge in [-0.3, -0.25) is 0 Å². The molecule has 0 atom stereocenters. The number of hydrogen-bond donors (Lipinski definition) is 1. The molecule has 3 rings (SSSR count). The average Bonchev–Trinajstić information content (AvgIpc) is 3.08. The minimum absolute atomic E-state index is 0.845. The molecule has 1 N–H and O–H groups in total. The van der Waals surface area contributed by atoms with E-state index >= 15 is 0 Å². The van der Waals surface area contributed by atoms with E-state index in [1.165, 1.54) is 14.2 Å². The summed E-state index contributed by atoms with van der Waals surface area (Å²) in [7, 11) is 0. The number of benzene rings is 1. The Morgan fingerprint density at radius 2 is 2.10 bits per heavy atom. The van der Waals surface area contributed by atoms with Gasteiger partial charge in [-0.2, -0.15) is 5.10 Å². The third-order valence-corrected chi connectivity index (χ3v) is 5.15. The van der Waals surface area contributed by atoms with Crippen LogP contribution in [0.3, 0.4) is 0 Å². The molecule has 0 bridgehead atoms. The van der Waals surface area contributed by atoms with Crippen molar-refractivity contribution in [3.05, 3.63) is 63.0 Å². The lowest BCUT2D eigenvalue weighted by Crippen LogP contribution is -1.98. The minimum Gasteiger partial charge on any atom is -0.380 e. The summed E-state index contributed by atoms with van der Waals surface area (Å²) in [5.41, 5.74) is 2.18. The van der Waals surface area contributed by atoms with Crippen LogP contribution in [-0.2, 0) is 6.54 Å². The smallest absolute Gasteiger partial charge is 0.0647 e. The fourth-order valence-corrected chi connectivity index (χ4v) is 3.49. The number of nitrogens with one attached hydrogen (secondary N) is 1. The first-order valence-electron chi connectivity index (χ1n) is 6.31. The van der Waals surface area contributed by atoms with E-state index in [2.05, 4.69) is 63.6 Å². The summed E-state index contributed by atoms with van der Waals surface area (Å²) in [6.07, 6.45) is 3.72. The zero-order valence-electron chi connectivity index (χ0n) is 11.0. The van der Waals surface area contributed by atoms with Crippen molar-refractivity contribution in [2.45, 2.75) is 13.5 Å². The third-order valence-electron chi connectivity index (χ3n) is 3.01. The van der Waals surface area contributed by atoms with E-state index in [0.29, 0.717) is 0 Å². The number of hydrogen-bond acceptors (Lipinski definition) is 3. The molecule has 2 aromatic heterocycles. The van der Waals surface area contributed by atoms with Gasteiger partial charge in [-0.25, -0.2) is 4.68 Å². The van der Waals surface area contributed by atoms with Crippen molar-refractivity contribution in [1.29, 1.82) is 0 Å². The van der Waals surface area contributed by atoms with E-state index < -0.39 is 0 Å². The SMILES string of the molecule is Cc1sc(CNc2ccc(-n3cccn3)cc2)cc1Br. The van der Waals surface area contributed by atoms with Gasteiger partial charge in [0.1, 0.15) is 0 Å². The molecule has 0 radical (unpaired) electrons. The molecule has 0 spiro atoms. The van der Waals surface area contributed by atoms with E-state index in [1.54, 1.807) is 6.20 Å². The van der Waals surface area contributed by atoms with Crippen LogP contribution in [0.5, 0.6) is 0 Å². The molecule has 0 saturated carbocycles. The van der Waals surface area contributed by atoms with E-state index in [0.717, 1.165) is 17.9 Å². The van der Waals surface area contributed by atoms with E-state index in [-0.39, 0.29) is 0 Å². The number of aryl methyl sites for hydroxylation is 1. The Kier molecular flexibility index (Phi) is 3.89. The normalized spacial score (nSPS) is 10.7. The fraction of sp³-hybridized carbons (Fsp3) is 0.133. The van der Waals surface area contributed by atoms with Gasteiger partial charge in [-0.1, -0.05) is 0 Å². The van der Waals surface area contributed by atoms with Crippen LogP contribution in [0, 0.1) is 6.92 Å². The molecule has 102 valence electrons. The lowest BCUT2D eigenvalue weighted by molar-refractivity contribution is 0.880. The maximum Gasteiger partial charge on any atom is 0.0647 e. The lowest BCUT2D eigenvalue weighted by Gasteiger charge is -2.06. The molecule has 2 heterocycles. The van der Waals surface area contributed by atoms with E-state index in [4.69, 9.17) is 0 Å². The Balaban J connectivity index is 1.66. The summed E-state index contributed by atoms with van der Waals surface area (Å²) in [4.78, 5) is 2.64. The van der Waals surface area contributed by atoms with Gasteiger partial charge in [-0.05, 0) is 59.3 Å². The predicted molar refractivity (Wildman–Crippen MR) is 87.6 cm³/mol. The highest BCUT2D eigenvalue weighted by Gasteiger charge is 2.03. The van der Waals surface area contributed by atoms with Crippen LogP contribution in [0.2, 0.25) is 0 Å². The van der Waals surface area contributed by atoms with Crippen LogP contribution in [0.25, 0.3) is 5.69 Å². The molecule has 0 aliphatic rings. The molecule has 0 fully saturated rings. The average molecular weight is 348 g/mol. The van der Waals surface area contributed by atoms with Crippen LogP contribution in [0.15, 0.2) is 53.3 Å². The second-order valence-electron chi connectivity index (χ2n) is 4.47. The molecular weight excluding hydrogens is 334 g/mol. The first kappa shape index (κ1) is 13.4. The number of nitrogens with zero attached hydrogens (tertiary/aromatic N) is 2. The van der Waals surface area contributed by atoms with Gasteiger partial charge < -0.3 is 5.32 Å².